The molecule has 20 heavy (non-hydrogen) atoms. The number of aromatic nitrogens is 1. The topological polar surface area (TPSA) is 24.9 Å². The first-order valence-electron chi connectivity index (χ1n) is 6.38. The van der Waals surface area contributed by atoms with Gasteiger partial charge >= 0.3 is 0 Å². The van der Waals surface area contributed by atoms with Crippen molar-refractivity contribution < 1.29 is 8.78 Å². The molecule has 5 heteroatoms. The fourth-order valence-corrected chi connectivity index (χ4v) is 2.68. The summed E-state index contributed by atoms with van der Waals surface area (Å²) in [6.07, 6.45) is 3.26. The Kier molecular flexibility index (Phi) is 5.20. The number of pyridine rings is 1. The lowest BCUT2D eigenvalue weighted by Gasteiger charge is -2.19. The third-order valence-corrected chi connectivity index (χ3v) is 3.45. The molecule has 0 fully saturated rings. The zero-order chi connectivity index (χ0) is 14.5. The van der Waals surface area contributed by atoms with E-state index in [9.17, 15) is 8.78 Å². The molecule has 1 aromatic carbocycles. The van der Waals surface area contributed by atoms with Crippen LogP contribution in [0.5, 0.6) is 0 Å². The summed E-state index contributed by atoms with van der Waals surface area (Å²) in [5.74, 6) is -0.659. The number of halogens is 3. The summed E-state index contributed by atoms with van der Waals surface area (Å²) in [5, 5.41) is 3.22. The van der Waals surface area contributed by atoms with Crippen molar-refractivity contribution >= 4 is 15.9 Å². The van der Waals surface area contributed by atoms with Crippen molar-refractivity contribution in [1.82, 2.24) is 10.3 Å². The van der Waals surface area contributed by atoms with Crippen molar-refractivity contribution in [3.8, 4) is 0 Å². The summed E-state index contributed by atoms with van der Waals surface area (Å²) in [6.45, 7) is 2.65. The first-order chi connectivity index (χ1) is 9.60. The van der Waals surface area contributed by atoms with Crippen LogP contribution in [-0.4, -0.2) is 11.5 Å². The quantitative estimate of drug-likeness (QED) is 0.889. The van der Waals surface area contributed by atoms with Gasteiger partial charge in [-0.3, -0.25) is 4.98 Å². The molecule has 0 aliphatic rings. The molecule has 1 unspecified atom stereocenters. The van der Waals surface area contributed by atoms with Crippen LogP contribution in [0.4, 0.5) is 8.78 Å². The number of rotatable bonds is 5. The fraction of sp³-hybridized carbons (Fsp3) is 0.267. The highest BCUT2D eigenvalue weighted by Gasteiger charge is 2.16. The second-order valence-electron chi connectivity index (χ2n) is 4.49. The molecule has 106 valence electrons. The number of likely N-dealkylation sites (N-methyl/N-ethyl adjacent to an activating group) is 1. The second-order valence-corrected chi connectivity index (χ2v) is 5.40. The van der Waals surface area contributed by atoms with Gasteiger partial charge in [0, 0.05) is 22.3 Å². The van der Waals surface area contributed by atoms with Crippen molar-refractivity contribution in [2.75, 3.05) is 6.54 Å². The van der Waals surface area contributed by atoms with Crippen LogP contribution < -0.4 is 5.32 Å². The number of nitrogens with zero attached hydrogens (tertiary/aromatic N) is 1. The summed E-state index contributed by atoms with van der Waals surface area (Å²) in [4.78, 5) is 3.75. The maximum atomic E-state index is 13.8. The monoisotopic (exact) mass is 340 g/mol. The lowest BCUT2D eigenvalue weighted by molar-refractivity contribution is 0.506. The average molecular weight is 341 g/mol. The van der Waals surface area contributed by atoms with Gasteiger partial charge in [0.1, 0.15) is 11.6 Å². The average Bonchev–Trinajstić information content (AvgIpc) is 2.37. The van der Waals surface area contributed by atoms with E-state index >= 15 is 0 Å². The highest BCUT2D eigenvalue weighted by molar-refractivity contribution is 9.10. The Morgan fingerprint density at radius 2 is 2.10 bits per heavy atom. The molecule has 2 rings (SSSR count). The molecule has 0 spiro atoms. The third-order valence-electron chi connectivity index (χ3n) is 2.99. The van der Waals surface area contributed by atoms with E-state index in [-0.39, 0.29) is 17.7 Å². The molecule has 2 aromatic rings. The Bertz CT molecular complexity index is 570. The molecule has 0 amide bonds. The summed E-state index contributed by atoms with van der Waals surface area (Å²) in [6, 6.07) is 6.15. The summed E-state index contributed by atoms with van der Waals surface area (Å²) in [7, 11) is 0. The van der Waals surface area contributed by atoms with Crippen LogP contribution in [-0.2, 0) is 6.42 Å². The lowest BCUT2D eigenvalue weighted by atomic mass is 9.99. The molecular weight excluding hydrogens is 326 g/mol. The highest BCUT2D eigenvalue weighted by Crippen LogP contribution is 2.23. The summed E-state index contributed by atoms with van der Waals surface area (Å²) in [5.41, 5.74) is 1.35. The van der Waals surface area contributed by atoms with Gasteiger partial charge in [0.15, 0.2) is 0 Å². The van der Waals surface area contributed by atoms with E-state index in [4.69, 9.17) is 0 Å². The Morgan fingerprint density at radius 1 is 1.30 bits per heavy atom. The van der Waals surface area contributed by atoms with Crippen LogP contribution >= 0.6 is 15.9 Å². The summed E-state index contributed by atoms with van der Waals surface area (Å²) < 4.78 is 27.9. The number of benzene rings is 1. The fourth-order valence-electron chi connectivity index (χ4n) is 2.17. The smallest absolute Gasteiger partial charge is 0.146 e. The van der Waals surface area contributed by atoms with Gasteiger partial charge < -0.3 is 5.32 Å². The molecular formula is C15H15BrF2N2. The molecule has 0 saturated heterocycles. The molecule has 0 aliphatic carbocycles. The van der Waals surface area contributed by atoms with Crippen molar-refractivity contribution in [1.29, 1.82) is 0 Å². The SMILES string of the molecule is CCNC(Cc1cc(F)cc(Br)c1)c1ccncc1F. The van der Waals surface area contributed by atoms with Crippen LogP contribution in [0.2, 0.25) is 0 Å². The van der Waals surface area contributed by atoms with Gasteiger partial charge in [-0.2, -0.15) is 0 Å². The molecule has 1 N–H and O–H groups in total. The van der Waals surface area contributed by atoms with Crippen LogP contribution in [0.1, 0.15) is 24.1 Å². The third kappa shape index (κ3) is 3.84. The van der Waals surface area contributed by atoms with Crippen LogP contribution in [0, 0.1) is 11.6 Å². The van der Waals surface area contributed by atoms with E-state index in [1.165, 1.54) is 18.3 Å². The predicted molar refractivity (Wildman–Crippen MR) is 78.4 cm³/mol. The minimum atomic E-state index is -0.353. The van der Waals surface area contributed by atoms with E-state index in [2.05, 4.69) is 26.2 Å². The van der Waals surface area contributed by atoms with Crippen molar-refractivity contribution in [2.45, 2.75) is 19.4 Å². The number of hydrogen-bond donors (Lipinski definition) is 1. The van der Waals surface area contributed by atoms with E-state index in [0.29, 0.717) is 23.0 Å². The van der Waals surface area contributed by atoms with Gasteiger partial charge in [-0.25, -0.2) is 8.78 Å². The largest absolute Gasteiger partial charge is 0.310 e. The number of hydrogen-bond acceptors (Lipinski definition) is 2. The van der Waals surface area contributed by atoms with Crippen molar-refractivity contribution in [3.05, 3.63) is 63.9 Å². The predicted octanol–water partition coefficient (Wildman–Crippen LogP) is 4.02. The Hall–Kier alpha value is -1.33. The van der Waals surface area contributed by atoms with Gasteiger partial charge in [-0.1, -0.05) is 22.9 Å². The highest BCUT2D eigenvalue weighted by atomic mass is 79.9. The molecule has 1 heterocycles. The van der Waals surface area contributed by atoms with Gasteiger partial charge in [-0.05, 0) is 42.8 Å². The minimum Gasteiger partial charge on any atom is -0.310 e. The molecule has 0 radical (unpaired) electrons. The standard InChI is InChI=1S/C15H15BrF2N2/c1-2-20-15(13-3-4-19-9-14(13)18)7-10-5-11(16)8-12(17)6-10/h3-6,8-9,15,20H,2,7H2,1H3. The zero-order valence-electron chi connectivity index (χ0n) is 11.0. The van der Waals surface area contributed by atoms with Gasteiger partial charge in [0.2, 0.25) is 0 Å². The van der Waals surface area contributed by atoms with Crippen LogP contribution in [0.15, 0.2) is 41.1 Å². The molecule has 1 aromatic heterocycles. The van der Waals surface area contributed by atoms with Gasteiger partial charge in [0.05, 0.1) is 6.20 Å². The number of nitrogens with one attached hydrogen (secondary N) is 1. The first kappa shape index (κ1) is 15.1. The lowest BCUT2D eigenvalue weighted by Crippen LogP contribution is -2.24. The minimum absolute atomic E-state index is 0.211. The first-order valence-corrected chi connectivity index (χ1v) is 7.17. The Labute approximate surface area is 125 Å². The summed E-state index contributed by atoms with van der Waals surface area (Å²) >= 11 is 3.27. The van der Waals surface area contributed by atoms with Crippen molar-refractivity contribution in [2.24, 2.45) is 0 Å². The van der Waals surface area contributed by atoms with E-state index < -0.39 is 0 Å². The zero-order valence-corrected chi connectivity index (χ0v) is 12.6. The molecule has 1 atom stereocenters. The van der Waals surface area contributed by atoms with Gasteiger partial charge in [-0.15, -0.1) is 0 Å². The molecule has 2 nitrogen and oxygen atoms in total. The maximum Gasteiger partial charge on any atom is 0.146 e. The van der Waals surface area contributed by atoms with E-state index in [0.717, 1.165) is 5.56 Å². The second kappa shape index (κ2) is 6.90. The van der Waals surface area contributed by atoms with Crippen LogP contribution in [0.3, 0.4) is 0 Å². The van der Waals surface area contributed by atoms with E-state index in [1.807, 2.05) is 13.0 Å². The molecule has 0 aliphatic heterocycles. The Morgan fingerprint density at radius 3 is 2.75 bits per heavy atom. The molecule has 0 bridgehead atoms. The van der Waals surface area contributed by atoms with Crippen molar-refractivity contribution in [3.63, 3.8) is 0 Å². The van der Waals surface area contributed by atoms with Gasteiger partial charge in [0.25, 0.3) is 0 Å². The maximum absolute atomic E-state index is 13.8. The normalized spacial score (nSPS) is 12.4. The Balaban J connectivity index is 2.28. The van der Waals surface area contributed by atoms with Crippen LogP contribution in [0.25, 0.3) is 0 Å². The van der Waals surface area contributed by atoms with E-state index in [1.54, 1.807) is 12.3 Å². The molecule has 0 saturated carbocycles.